The number of nitrogens with one attached hydrogen (secondary N) is 1. The summed E-state index contributed by atoms with van der Waals surface area (Å²) >= 11 is 0. The molecule has 0 aromatic heterocycles. The van der Waals surface area contributed by atoms with Crippen LogP contribution in [0.15, 0.2) is 0 Å². The molecule has 0 spiro atoms. The third-order valence-electron chi connectivity index (χ3n) is 3.92. The van der Waals surface area contributed by atoms with Gasteiger partial charge in [-0.3, -0.25) is 9.69 Å². The largest absolute Gasteiger partial charge is 0.481 e. The molecule has 98 valence electrons. The first-order valence-corrected chi connectivity index (χ1v) is 6.85. The van der Waals surface area contributed by atoms with Gasteiger partial charge in [0.2, 0.25) is 0 Å². The Bertz CT molecular complexity index is 260. The molecule has 0 aromatic carbocycles. The average Bonchev–Trinajstić information content (AvgIpc) is 3.10. The third kappa shape index (κ3) is 3.96. The van der Waals surface area contributed by atoms with Gasteiger partial charge in [0, 0.05) is 18.6 Å². The van der Waals surface area contributed by atoms with E-state index in [1.807, 2.05) is 0 Å². The Labute approximate surface area is 103 Å². The third-order valence-corrected chi connectivity index (χ3v) is 3.92. The van der Waals surface area contributed by atoms with Crippen molar-refractivity contribution in [3.8, 4) is 0 Å². The molecule has 4 nitrogen and oxygen atoms in total. The molecular formula is C13H24N2O2. The van der Waals surface area contributed by atoms with Gasteiger partial charge in [-0.2, -0.15) is 0 Å². The SMILES string of the molecule is CC(CC(=O)O)N(CC1CCCNC1)C1CC1. The maximum Gasteiger partial charge on any atom is 0.304 e. The molecule has 2 atom stereocenters. The lowest BCUT2D eigenvalue weighted by Gasteiger charge is -2.33. The fourth-order valence-electron chi connectivity index (χ4n) is 2.84. The van der Waals surface area contributed by atoms with Crippen LogP contribution in [0.5, 0.6) is 0 Å². The van der Waals surface area contributed by atoms with E-state index in [1.54, 1.807) is 0 Å². The zero-order valence-corrected chi connectivity index (χ0v) is 10.7. The summed E-state index contributed by atoms with van der Waals surface area (Å²) in [4.78, 5) is 13.2. The summed E-state index contributed by atoms with van der Waals surface area (Å²) in [7, 11) is 0. The van der Waals surface area contributed by atoms with Crippen molar-refractivity contribution in [1.29, 1.82) is 0 Å². The van der Waals surface area contributed by atoms with E-state index >= 15 is 0 Å². The normalized spacial score (nSPS) is 27.1. The van der Waals surface area contributed by atoms with Gasteiger partial charge in [0.25, 0.3) is 0 Å². The number of piperidine rings is 1. The average molecular weight is 240 g/mol. The van der Waals surface area contributed by atoms with Crippen LogP contribution in [0.3, 0.4) is 0 Å². The van der Waals surface area contributed by atoms with Gasteiger partial charge in [-0.25, -0.2) is 0 Å². The number of hydrogen-bond acceptors (Lipinski definition) is 3. The number of carboxylic acid groups (broad SMARTS) is 1. The van der Waals surface area contributed by atoms with Crippen LogP contribution >= 0.6 is 0 Å². The Hall–Kier alpha value is -0.610. The second kappa shape index (κ2) is 5.83. The molecule has 1 saturated carbocycles. The standard InChI is InChI=1S/C13H24N2O2/c1-10(7-13(16)17)15(12-4-5-12)9-11-3-2-6-14-8-11/h10-12,14H,2-9H2,1H3,(H,16,17). The lowest BCUT2D eigenvalue weighted by molar-refractivity contribution is -0.138. The molecule has 0 aromatic rings. The molecule has 2 aliphatic rings. The Kier molecular flexibility index (Phi) is 4.40. The highest BCUT2D eigenvalue weighted by atomic mass is 16.4. The zero-order chi connectivity index (χ0) is 12.3. The summed E-state index contributed by atoms with van der Waals surface area (Å²) in [6.07, 6.45) is 5.33. The summed E-state index contributed by atoms with van der Waals surface area (Å²) in [5.41, 5.74) is 0. The highest BCUT2D eigenvalue weighted by molar-refractivity contribution is 5.67. The molecule has 1 aliphatic carbocycles. The molecule has 2 fully saturated rings. The van der Waals surface area contributed by atoms with E-state index in [0.29, 0.717) is 12.0 Å². The van der Waals surface area contributed by atoms with E-state index in [-0.39, 0.29) is 12.5 Å². The van der Waals surface area contributed by atoms with Crippen LogP contribution in [0.4, 0.5) is 0 Å². The molecular weight excluding hydrogens is 216 g/mol. The minimum absolute atomic E-state index is 0.182. The van der Waals surface area contributed by atoms with Gasteiger partial charge in [0.15, 0.2) is 0 Å². The second-order valence-electron chi connectivity index (χ2n) is 5.59. The van der Waals surface area contributed by atoms with E-state index in [2.05, 4.69) is 17.1 Å². The minimum atomic E-state index is -0.676. The monoisotopic (exact) mass is 240 g/mol. The summed E-state index contributed by atoms with van der Waals surface area (Å²) < 4.78 is 0. The van der Waals surface area contributed by atoms with Gasteiger partial charge >= 0.3 is 5.97 Å². The van der Waals surface area contributed by atoms with Crippen molar-refractivity contribution in [3.05, 3.63) is 0 Å². The molecule has 1 aliphatic heterocycles. The van der Waals surface area contributed by atoms with Crippen molar-refractivity contribution in [3.63, 3.8) is 0 Å². The van der Waals surface area contributed by atoms with E-state index in [1.165, 1.54) is 25.7 Å². The van der Waals surface area contributed by atoms with Gasteiger partial charge in [-0.05, 0) is 51.6 Å². The van der Waals surface area contributed by atoms with Crippen molar-refractivity contribution in [1.82, 2.24) is 10.2 Å². The topological polar surface area (TPSA) is 52.6 Å². The first-order chi connectivity index (χ1) is 8.16. The summed E-state index contributed by atoms with van der Waals surface area (Å²) in [5.74, 6) is 0.0329. The van der Waals surface area contributed by atoms with E-state index in [0.717, 1.165) is 19.6 Å². The first kappa shape index (κ1) is 12.8. The van der Waals surface area contributed by atoms with Crippen LogP contribution in [0, 0.1) is 5.92 Å². The highest BCUT2D eigenvalue weighted by Gasteiger charge is 2.34. The highest BCUT2D eigenvalue weighted by Crippen LogP contribution is 2.31. The van der Waals surface area contributed by atoms with Crippen molar-refractivity contribution >= 4 is 5.97 Å². The molecule has 4 heteroatoms. The predicted molar refractivity (Wildman–Crippen MR) is 67.0 cm³/mol. The lowest BCUT2D eigenvalue weighted by Crippen LogP contribution is -2.43. The lowest BCUT2D eigenvalue weighted by atomic mass is 9.98. The van der Waals surface area contributed by atoms with Gasteiger partial charge in [0.1, 0.15) is 0 Å². The van der Waals surface area contributed by atoms with Crippen LogP contribution in [-0.2, 0) is 4.79 Å². The molecule has 2 N–H and O–H groups in total. The molecule has 0 amide bonds. The number of carbonyl (C=O) groups is 1. The molecule has 0 radical (unpaired) electrons. The molecule has 1 heterocycles. The summed E-state index contributed by atoms with van der Waals surface area (Å²) in [5, 5.41) is 12.3. The fraction of sp³-hybridized carbons (Fsp3) is 0.923. The number of rotatable bonds is 6. The van der Waals surface area contributed by atoms with Crippen LogP contribution in [0.25, 0.3) is 0 Å². The van der Waals surface area contributed by atoms with Crippen molar-refractivity contribution < 1.29 is 9.90 Å². The first-order valence-electron chi connectivity index (χ1n) is 6.85. The van der Waals surface area contributed by atoms with Crippen LogP contribution in [-0.4, -0.2) is 47.7 Å². The van der Waals surface area contributed by atoms with Crippen LogP contribution < -0.4 is 5.32 Å². The van der Waals surface area contributed by atoms with Crippen molar-refractivity contribution in [2.24, 2.45) is 5.92 Å². The molecule has 0 bridgehead atoms. The smallest absolute Gasteiger partial charge is 0.304 e. The maximum absolute atomic E-state index is 10.8. The number of nitrogens with zero attached hydrogens (tertiary/aromatic N) is 1. The summed E-state index contributed by atoms with van der Waals surface area (Å²) in [6, 6.07) is 0.841. The number of carboxylic acids is 1. The van der Waals surface area contributed by atoms with E-state index < -0.39 is 5.97 Å². The Morgan fingerprint density at radius 2 is 2.24 bits per heavy atom. The number of hydrogen-bond donors (Lipinski definition) is 2. The van der Waals surface area contributed by atoms with E-state index in [9.17, 15) is 4.79 Å². The van der Waals surface area contributed by atoms with Gasteiger partial charge < -0.3 is 10.4 Å². The predicted octanol–water partition coefficient (Wildman–Crippen LogP) is 1.31. The zero-order valence-electron chi connectivity index (χ0n) is 10.7. The Morgan fingerprint density at radius 3 is 2.76 bits per heavy atom. The molecule has 2 unspecified atom stereocenters. The van der Waals surface area contributed by atoms with Crippen molar-refractivity contribution in [2.75, 3.05) is 19.6 Å². The summed E-state index contributed by atoms with van der Waals surface area (Å²) in [6.45, 7) is 5.38. The van der Waals surface area contributed by atoms with Crippen LogP contribution in [0.2, 0.25) is 0 Å². The quantitative estimate of drug-likeness (QED) is 0.735. The molecule has 2 rings (SSSR count). The second-order valence-corrected chi connectivity index (χ2v) is 5.59. The number of aliphatic carboxylic acids is 1. The minimum Gasteiger partial charge on any atom is -0.481 e. The van der Waals surface area contributed by atoms with Gasteiger partial charge in [0.05, 0.1) is 6.42 Å². The Morgan fingerprint density at radius 1 is 1.47 bits per heavy atom. The van der Waals surface area contributed by atoms with Crippen molar-refractivity contribution in [2.45, 2.75) is 51.1 Å². The maximum atomic E-state index is 10.8. The van der Waals surface area contributed by atoms with Gasteiger partial charge in [-0.1, -0.05) is 0 Å². The van der Waals surface area contributed by atoms with Gasteiger partial charge in [-0.15, -0.1) is 0 Å². The Balaban J connectivity index is 1.85. The molecule has 17 heavy (non-hydrogen) atoms. The van der Waals surface area contributed by atoms with E-state index in [4.69, 9.17) is 5.11 Å². The molecule has 1 saturated heterocycles. The van der Waals surface area contributed by atoms with Crippen LogP contribution in [0.1, 0.15) is 39.0 Å². The fourth-order valence-corrected chi connectivity index (χ4v) is 2.84.